The van der Waals surface area contributed by atoms with Crippen LogP contribution in [0.4, 0.5) is 21.6 Å². The summed E-state index contributed by atoms with van der Waals surface area (Å²) in [6.45, 7) is 3.20. The van der Waals surface area contributed by atoms with Crippen LogP contribution in [0.3, 0.4) is 0 Å². The van der Waals surface area contributed by atoms with E-state index in [4.69, 9.17) is 0 Å². The van der Waals surface area contributed by atoms with E-state index in [1.54, 1.807) is 50.2 Å². The third kappa shape index (κ3) is 5.65. The highest BCUT2D eigenvalue weighted by molar-refractivity contribution is 7.14. The Hall–Kier alpha value is -4.35. The molecule has 0 unspecified atom stereocenters. The topological polar surface area (TPSA) is 99.6 Å². The maximum absolute atomic E-state index is 16.0. The molecule has 2 aromatic heterocycles. The summed E-state index contributed by atoms with van der Waals surface area (Å²) >= 11 is 1.48. The summed E-state index contributed by atoms with van der Waals surface area (Å²) in [6, 6.07) is 12.2. The van der Waals surface area contributed by atoms with E-state index < -0.39 is 5.82 Å². The zero-order valence-electron chi connectivity index (χ0n) is 25.2. The second-order valence-corrected chi connectivity index (χ2v) is 12.8. The number of nitrogens with one attached hydrogen (secondary N) is 2. The standard InChI is InChI=1S/C33H35FN6O3S/c1-19-9-14-23(27(34)28(19)37-31(41)26-17-21-7-5-6-8-25(21)44-26)24-18-40(4)33(43)30(36-24)35-22-12-10-20(11-13-22)29-32(42)39(3)16-15-38(29)2/h9-14,17-18,29H,5-8,15-16H2,1-4H3,(H,35,36)(H,37,41)/t29-/m1/s1. The minimum Gasteiger partial charge on any atom is -0.343 e. The minimum atomic E-state index is -0.618. The van der Waals surface area contributed by atoms with Crippen LogP contribution in [0.5, 0.6) is 0 Å². The summed E-state index contributed by atoms with van der Waals surface area (Å²) in [5.41, 5.74) is 3.35. The predicted molar refractivity (Wildman–Crippen MR) is 171 cm³/mol. The Kier molecular flexibility index (Phi) is 8.08. The maximum Gasteiger partial charge on any atom is 0.293 e. The monoisotopic (exact) mass is 614 g/mol. The van der Waals surface area contributed by atoms with Crippen LogP contribution in [0.1, 0.15) is 50.1 Å². The number of nitrogens with zero attached hydrogens (tertiary/aromatic N) is 4. The quantitative estimate of drug-likeness (QED) is 0.307. The number of anilines is 3. The molecule has 44 heavy (non-hydrogen) atoms. The van der Waals surface area contributed by atoms with E-state index >= 15 is 4.39 Å². The molecule has 0 saturated carbocycles. The van der Waals surface area contributed by atoms with Crippen LogP contribution in [0, 0.1) is 12.7 Å². The van der Waals surface area contributed by atoms with Gasteiger partial charge in [0.25, 0.3) is 11.5 Å². The first-order chi connectivity index (χ1) is 21.1. The molecule has 1 fully saturated rings. The van der Waals surface area contributed by atoms with Gasteiger partial charge in [0.15, 0.2) is 11.6 Å². The molecule has 228 valence electrons. The lowest BCUT2D eigenvalue weighted by Crippen LogP contribution is -2.48. The van der Waals surface area contributed by atoms with Gasteiger partial charge in [-0.05, 0) is 80.6 Å². The second-order valence-electron chi connectivity index (χ2n) is 11.6. The van der Waals surface area contributed by atoms with Crippen molar-refractivity contribution in [2.45, 2.75) is 38.6 Å². The van der Waals surface area contributed by atoms with Crippen molar-refractivity contribution in [1.82, 2.24) is 19.4 Å². The fourth-order valence-electron chi connectivity index (χ4n) is 5.85. The molecule has 1 saturated heterocycles. The SMILES string of the molecule is Cc1ccc(-c2cn(C)c(=O)c(Nc3ccc([C@@H]4C(=O)N(C)CCN4C)cc3)n2)c(F)c1NC(=O)c1cc2c(s1)CCCC2. The molecule has 11 heteroatoms. The summed E-state index contributed by atoms with van der Waals surface area (Å²) in [4.78, 5) is 49.0. The molecule has 2 N–H and O–H groups in total. The Labute approximate surface area is 259 Å². The van der Waals surface area contributed by atoms with Crippen LogP contribution in [-0.2, 0) is 24.7 Å². The summed E-state index contributed by atoms with van der Waals surface area (Å²) in [6.07, 6.45) is 5.66. The van der Waals surface area contributed by atoms with Crippen molar-refractivity contribution in [2.75, 3.05) is 37.8 Å². The van der Waals surface area contributed by atoms with Crippen LogP contribution < -0.4 is 16.2 Å². The third-order valence-corrected chi connectivity index (χ3v) is 9.72. The van der Waals surface area contributed by atoms with Crippen molar-refractivity contribution < 1.29 is 14.0 Å². The lowest BCUT2D eigenvalue weighted by atomic mass is 9.99. The van der Waals surface area contributed by atoms with Gasteiger partial charge in [-0.2, -0.15) is 0 Å². The number of halogens is 1. The smallest absolute Gasteiger partial charge is 0.293 e. The van der Waals surface area contributed by atoms with Gasteiger partial charge >= 0.3 is 0 Å². The van der Waals surface area contributed by atoms with E-state index in [1.807, 2.05) is 30.1 Å². The fourth-order valence-corrected chi connectivity index (χ4v) is 6.99. The largest absolute Gasteiger partial charge is 0.343 e. The van der Waals surface area contributed by atoms with Gasteiger partial charge in [-0.25, -0.2) is 9.37 Å². The molecular weight excluding hydrogens is 579 g/mol. The molecule has 0 bridgehead atoms. The van der Waals surface area contributed by atoms with Crippen molar-refractivity contribution in [1.29, 1.82) is 0 Å². The highest BCUT2D eigenvalue weighted by atomic mass is 32.1. The van der Waals surface area contributed by atoms with Gasteiger partial charge in [0.2, 0.25) is 5.91 Å². The Bertz CT molecular complexity index is 1790. The highest BCUT2D eigenvalue weighted by Gasteiger charge is 2.32. The Morgan fingerprint density at radius 3 is 2.52 bits per heavy atom. The van der Waals surface area contributed by atoms with E-state index in [1.165, 1.54) is 32.5 Å². The van der Waals surface area contributed by atoms with Crippen molar-refractivity contribution in [3.63, 3.8) is 0 Å². The van der Waals surface area contributed by atoms with Crippen molar-refractivity contribution in [3.8, 4) is 11.3 Å². The number of piperazine rings is 1. The predicted octanol–water partition coefficient (Wildman–Crippen LogP) is 5.28. The van der Waals surface area contributed by atoms with E-state index in [2.05, 4.69) is 15.6 Å². The van der Waals surface area contributed by atoms with E-state index in [-0.39, 0.29) is 46.2 Å². The highest BCUT2D eigenvalue weighted by Crippen LogP contribution is 2.33. The summed E-state index contributed by atoms with van der Waals surface area (Å²) in [5.74, 6) is -0.895. The van der Waals surface area contributed by atoms with Gasteiger partial charge in [-0.3, -0.25) is 19.3 Å². The Balaban J connectivity index is 1.26. The average Bonchev–Trinajstić information content (AvgIpc) is 3.45. The third-order valence-electron chi connectivity index (χ3n) is 8.48. The lowest BCUT2D eigenvalue weighted by Gasteiger charge is -2.37. The average molecular weight is 615 g/mol. The number of thiophene rings is 1. The first-order valence-corrected chi connectivity index (χ1v) is 15.5. The minimum absolute atomic E-state index is 0.0260. The second kappa shape index (κ2) is 12.0. The maximum atomic E-state index is 16.0. The number of fused-ring (bicyclic) bond motifs is 1. The molecule has 2 amide bonds. The van der Waals surface area contributed by atoms with Gasteiger partial charge in [-0.15, -0.1) is 11.3 Å². The Morgan fingerprint density at radius 1 is 1.02 bits per heavy atom. The molecule has 6 rings (SSSR count). The normalized spacial score (nSPS) is 17.0. The summed E-state index contributed by atoms with van der Waals surface area (Å²) in [7, 11) is 5.31. The molecule has 1 atom stereocenters. The first-order valence-electron chi connectivity index (χ1n) is 14.7. The van der Waals surface area contributed by atoms with Crippen LogP contribution in [0.25, 0.3) is 11.3 Å². The molecule has 1 aliphatic heterocycles. The lowest BCUT2D eigenvalue weighted by molar-refractivity contribution is -0.139. The van der Waals surface area contributed by atoms with Crippen LogP contribution >= 0.6 is 11.3 Å². The van der Waals surface area contributed by atoms with Crippen molar-refractivity contribution >= 4 is 40.3 Å². The van der Waals surface area contributed by atoms with Gasteiger partial charge in [0.1, 0.15) is 6.04 Å². The van der Waals surface area contributed by atoms with Crippen molar-refractivity contribution in [2.24, 2.45) is 7.05 Å². The van der Waals surface area contributed by atoms with E-state index in [0.717, 1.165) is 37.8 Å². The number of aromatic nitrogens is 2. The number of rotatable bonds is 6. The molecule has 3 heterocycles. The molecule has 2 aliphatic rings. The zero-order chi connectivity index (χ0) is 31.1. The van der Waals surface area contributed by atoms with E-state index in [9.17, 15) is 14.4 Å². The molecule has 4 aromatic rings. The van der Waals surface area contributed by atoms with Crippen LogP contribution in [-0.4, -0.2) is 58.4 Å². The molecular formula is C33H35FN6O3S. The number of hydrogen-bond acceptors (Lipinski definition) is 7. The molecule has 2 aromatic carbocycles. The number of carbonyl (C=O) groups excluding carboxylic acids is 2. The Morgan fingerprint density at radius 2 is 1.77 bits per heavy atom. The van der Waals surface area contributed by atoms with Gasteiger partial charge in [-0.1, -0.05) is 18.2 Å². The number of benzene rings is 2. The fraction of sp³-hybridized carbons (Fsp3) is 0.333. The van der Waals surface area contributed by atoms with Gasteiger partial charge < -0.3 is 20.1 Å². The number of aryl methyl sites for hydroxylation is 4. The number of hydrogen-bond donors (Lipinski definition) is 2. The van der Waals surface area contributed by atoms with E-state index in [0.29, 0.717) is 22.7 Å². The number of amides is 2. The number of carbonyl (C=O) groups is 2. The summed E-state index contributed by atoms with van der Waals surface area (Å²) in [5, 5.41) is 5.85. The first kappa shape index (κ1) is 29.7. The van der Waals surface area contributed by atoms with Gasteiger partial charge in [0.05, 0.1) is 16.3 Å². The molecule has 1 aliphatic carbocycles. The molecule has 9 nitrogen and oxygen atoms in total. The molecule has 0 spiro atoms. The number of likely N-dealkylation sites (N-methyl/N-ethyl adjacent to an activating group) is 2. The zero-order valence-corrected chi connectivity index (χ0v) is 26.1. The van der Waals surface area contributed by atoms with Crippen molar-refractivity contribution in [3.05, 3.63) is 91.3 Å². The van der Waals surface area contributed by atoms with Crippen LogP contribution in [0.2, 0.25) is 0 Å². The van der Waals surface area contributed by atoms with Crippen LogP contribution in [0.15, 0.2) is 53.5 Å². The molecule has 0 radical (unpaired) electrons. The van der Waals surface area contributed by atoms with Gasteiger partial charge in [0, 0.05) is 49.5 Å². The summed E-state index contributed by atoms with van der Waals surface area (Å²) < 4.78 is 17.4.